The zero-order valence-electron chi connectivity index (χ0n) is 14.4. The van der Waals surface area contributed by atoms with E-state index in [9.17, 15) is 17.6 Å². The standard InChI is InChI=1S/C17H25FN2O3S2/c1-2-25(22,23)20-10-5-7-14(12-20)17(21)19-9-11-24-13-15-6-3-4-8-16(15)18/h3-4,6,8,14H,2,5,7,9-13H2,1H3,(H,19,21). The fourth-order valence-corrected chi connectivity index (χ4v) is 4.80. The molecular weight excluding hydrogens is 363 g/mol. The molecule has 1 aliphatic heterocycles. The maximum atomic E-state index is 13.5. The van der Waals surface area contributed by atoms with Crippen LogP contribution in [-0.4, -0.2) is 49.8 Å². The Morgan fingerprint density at radius 1 is 1.40 bits per heavy atom. The van der Waals surface area contributed by atoms with Crippen molar-refractivity contribution < 1.29 is 17.6 Å². The zero-order valence-corrected chi connectivity index (χ0v) is 16.0. The lowest BCUT2D eigenvalue weighted by Crippen LogP contribution is -2.46. The third kappa shape index (κ3) is 5.97. The normalized spacial score (nSPS) is 18.9. The summed E-state index contributed by atoms with van der Waals surface area (Å²) in [5.74, 6) is 0.722. The molecule has 0 radical (unpaired) electrons. The van der Waals surface area contributed by atoms with Crippen LogP contribution < -0.4 is 5.32 Å². The number of benzene rings is 1. The zero-order chi connectivity index (χ0) is 18.3. The first kappa shape index (κ1) is 20.2. The smallest absolute Gasteiger partial charge is 0.224 e. The lowest BCUT2D eigenvalue weighted by atomic mass is 9.99. The Balaban J connectivity index is 1.70. The van der Waals surface area contributed by atoms with Crippen molar-refractivity contribution in [3.8, 4) is 0 Å². The molecule has 5 nitrogen and oxygen atoms in total. The predicted octanol–water partition coefficient (Wildman–Crippen LogP) is 2.24. The molecule has 1 fully saturated rings. The second-order valence-electron chi connectivity index (χ2n) is 6.03. The van der Waals surface area contributed by atoms with Crippen LogP contribution in [-0.2, 0) is 20.6 Å². The van der Waals surface area contributed by atoms with Gasteiger partial charge in [-0.15, -0.1) is 0 Å². The van der Waals surface area contributed by atoms with E-state index < -0.39 is 10.0 Å². The van der Waals surface area contributed by atoms with Crippen molar-refractivity contribution in [2.24, 2.45) is 5.92 Å². The van der Waals surface area contributed by atoms with E-state index in [1.165, 1.54) is 10.4 Å². The Morgan fingerprint density at radius 3 is 2.88 bits per heavy atom. The fraction of sp³-hybridized carbons (Fsp3) is 0.588. The third-order valence-electron chi connectivity index (χ3n) is 4.27. The summed E-state index contributed by atoms with van der Waals surface area (Å²) in [5, 5.41) is 2.87. The van der Waals surface area contributed by atoms with Gasteiger partial charge in [0.1, 0.15) is 5.82 Å². The van der Waals surface area contributed by atoms with Crippen LogP contribution in [0, 0.1) is 11.7 Å². The van der Waals surface area contributed by atoms with Crippen molar-refractivity contribution >= 4 is 27.7 Å². The first-order valence-corrected chi connectivity index (χ1v) is 11.3. The van der Waals surface area contributed by atoms with E-state index in [0.29, 0.717) is 43.0 Å². The van der Waals surface area contributed by atoms with Gasteiger partial charge in [-0.3, -0.25) is 4.79 Å². The number of nitrogens with one attached hydrogen (secondary N) is 1. The molecule has 0 saturated carbocycles. The molecule has 1 unspecified atom stereocenters. The van der Waals surface area contributed by atoms with Gasteiger partial charge in [-0.1, -0.05) is 18.2 Å². The van der Waals surface area contributed by atoms with Gasteiger partial charge in [-0.2, -0.15) is 11.8 Å². The van der Waals surface area contributed by atoms with E-state index in [0.717, 1.165) is 0 Å². The summed E-state index contributed by atoms with van der Waals surface area (Å²) in [6, 6.07) is 6.67. The van der Waals surface area contributed by atoms with Crippen LogP contribution >= 0.6 is 11.8 Å². The molecule has 1 aromatic carbocycles. The van der Waals surface area contributed by atoms with Crippen molar-refractivity contribution in [2.75, 3.05) is 31.1 Å². The first-order valence-electron chi connectivity index (χ1n) is 8.50. The van der Waals surface area contributed by atoms with Gasteiger partial charge in [0.05, 0.1) is 11.7 Å². The molecule has 1 aromatic rings. The van der Waals surface area contributed by atoms with Crippen LogP contribution in [0.5, 0.6) is 0 Å². The molecule has 1 atom stereocenters. The maximum Gasteiger partial charge on any atom is 0.224 e. The van der Waals surface area contributed by atoms with E-state index in [2.05, 4.69) is 5.32 Å². The third-order valence-corrected chi connectivity index (χ3v) is 7.13. The summed E-state index contributed by atoms with van der Waals surface area (Å²) in [6.45, 7) is 2.88. The highest BCUT2D eigenvalue weighted by atomic mass is 32.2. The molecule has 140 valence electrons. The van der Waals surface area contributed by atoms with Gasteiger partial charge in [-0.05, 0) is 31.4 Å². The molecule has 0 aliphatic carbocycles. The summed E-state index contributed by atoms with van der Waals surface area (Å²) in [6.07, 6.45) is 1.42. The van der Waals surface area contributed by atoms with Crippen molar-refractivity contribution in [1.82, 2.24) is 9.62 Å². The molecule has 1 heterocycles. The van der Waals surface area contributed by atoms with E-state index in [1.54, 1.807) is 36.9 Å². The molecule has 2 rings (SSSR count). The number of piperidine rings is 1. The van der Waals surface area contributed by atoms with Gasteiger partial charge in [0.2, 0.25) is 15.9 Å². The van der Waals surface area contributed by atoms with Crippen molar-refractivity contribution in [1.29, 1.82) is 0 Å². The summed E-state index contributed by atoms with van der Waals surface area (Å²) < 4.78 is 38.8. The van der Waals surface area contributed by atoms with E-state index in [4.69, 9.17) is 0 Å². The van der Waals surface area contributed by atoms with Crippen LogP contribution in [0.15, 0.2) is 24.3 Å². The van der Waals surface area contributed by atoms with Gasteiger partial charge in [0.15, 0.2) is 0 Å². The minimum Gasteiger partial charge on any atom is -0.355 e. The minimum atomic E-state index is -3.24. The molecule has 1 amide bonds. The highest BCUT2D eigenvalue weighted by Crippen LogP contribution is 2.20. The van der Waals surface area contributed by atoms with Crippen molar-refractivity contribution in [2.45, 2.75) is 25.5 Å². The van der Waals surface area contributed by atoms with E-state index >= 15 is 0 Å². The number of carbonyl (C=O) groups excluding carboxylic acids is 1. The molecular formula is C17H25FN2O3S2. The lowest BCUT2D eigenvalue weighted by molar-refractivity contribution is -0.125. The Morgan fingerprint density at radius 2 is 2.16 bits per heavy atom. The Hall–Kier alpha value is -1.12. The SMILES string of the molecule is CCS(=O)(=O)N1CCCC(C(=O)NCCSCc2ccccc2F)C1. The Labute approximate surface area is 153 Å². The largest absolute Gasteiger partial charge is 0.355 e. The average molecular weight is 389 g/mol. The molecule has 1 N–H and O–H groups in total. The molecule has 0 aromatic heterocycles. The van der Waals surface area contributed by atoms with Crippen LogP contribution in [0.2, 0.25) is 0 Å². The van der Waals surface area contributed by atoms with Gasteiger partial charge in [0.25, 0.3) is 0 Å². The highest BCUT2D eigenvalue weighted by molar-refractivity contribution is 7.98. The number of hydrogen-bond donors (Lipinski definition) is 1. The summed E-state index contributed by atoms with van der Waals surface area (Å²) in [4.78, 5) is 12.2. The molecule has 8 heteroatoms. The van der Waals surface area contributed by atoms with E-state index in [-0.39, 0.29) is 29.9 Å². The Kier molecular flexibility index (Phi) is 7.71. The predicted molar refractivity (Wildman–Crippen MR) is 99.3 cm³/mol. The fourth-order valence-electron chi connectivity index (χ4n) is 2.78. The Bertz CT molecular complexity index is 682. The van der Waals surface area contributed by atoms with Gasteiger partial charge in [0, 0.05) is 31.1 Å². The van der Waals surface area contributed by atoms with Crippen LogP contribution in [0.25, 0.3) is 0 Å². The monoisotopic (exact) mass is 388 g/mol. The molecule has 25 heavy (non-hydrogen) atoms. The van der Waals surface area contributed by atoms with Crippen molar-refractivity contribution in [3.05, 3.63) is 35.6 Å². The average Bonchev–Trinajstić information content (AvgIpc) is 2.63. The number of sulfonamides is 1. The molecule has 0 spiro atoms. The number of halogens is 1. The second-order valence-corrected chi connectivity index (χ2v) is 9.40. The summed E-state index contributed by atoms with van der Waals surface area (Å²) in [5.41, 5.74) is 0.659. The summed E-state index contributed by atoms with van der Waals surface area (Å²) >= 11 is 1.56. The number of nitrogens with zero attached hydrogens (tertiary/aromatic N) is 1. The number of rotatable bonds is 8. The topological polar surface area (TPSA) is 66.5 Å². The highest BCUT2D eigenvalue weighted by Gasteiger charge is 2.31. The molecule has 1 aliphatic rings. The van der Waals surface area contributed by atoms with Crippen molar-refractivity contribution in [3.63, 3.8) is 0 Å². The lowest BCUT2D eigenvalue weighted by Gasteiger charge is -2.30. The van der Waals surface area contributed by atoms with Gasteiger partial charge >= 0.3 is 0 Å². The number of amides is 1. The van der Waals surface area contributed by atoms with Crippen LogP contribution in [0.3, 0.4) is 0 Å². The quantitative estimate of drug-likeness (QED) is 0.694. The first-order chi connectivity index (χ1) is 11.9. The minimum absolute atomic E-state index is 0.0635. The van der Waals surface area contributed by atoms with Crippen LogP contribution in [0.1, 0.15) is 25.3 Å². The number of hydrogen-bond acceptors (Lipinski definition) is 4. The second kappa shape index (κ2) is 9.54. The summed E-state index contributed by atoms with van der Waals surface area (Å²) in [7, 11) is -3.24. The number of carbonyl (C=O) groups is 1. The van der Waals surface area contributed by atoms with Crippen LogP contribution in [0.4, 0.5) is 4.39 Å². The van der Waals surface area contributed by atoms with Gasteiger partial charge in [-0.25, -0.2) is 17.1 Å². The maximum absolute atomic E-state index is 13.5. The molecule has 1 saturated heterocycles. The number of thioether (sulfide) groups is 1. The van der Waals surface area contributed by atoms with E-state index in [1.807, 2.05) is 0 Å². The molecule has 0 bridgehead atoms. The van der Waals surface area contributed by atoms with Gasteiger partial charge < -0.3 is 5.32 Å².